The molecule has 1 amide bonds. The summed E-state index contributed by atoms with van der Waals surface area (Å²) in [7, 11) is -4.02. The Morgan fingerprint density at radius 3 is 2.64 bits per heavy atom. The van der Waals surface area contributed by atoms with Gasteiger partial charge in [0.25, 0.3) is 5.69 Å². The van der Waals surface area contributed by atoms with Gasteiger partial charge >= 0.3 is 0 Å². The van der Waals surface area contributed by atoms with Crippen LogP contribution in [-0.4, -0.2) is 44.9 Å². The molecule has 11 heteroatoms. The molecule has 1 aliphatic rings. The van der Waals surface area contributed by atoms with E-state index < -0.39 is 25.5 Å². The molecule has 1 aromatic carbocycles. The summed E-state index contributed by atoms with van der Waals surface area (Å²) in [6.45, 7) is 0.853. The highest BCUT2D eigenvalue weighted by Crippen LogP contribution is 2.22. The van der Waals surface area contributed by atoms with E-state index in [1.54, 1.807) is 0 Å². The summed E-state index contributed by atoms with van der Waals surface area (Å²) in [5.41, 5.74) is -0.486. The molecule has 25 heavy (non-hydrogen) atoms. The number of nitro groups is 1. The van der Waals surface area contributed by atoms with Gasteiger partial charge in [-0.25, -0.2) is 13.1 Å². The highest BCUT2D eigenvalue weighted by Gasteiger charge is 2.25. The van der Waals surface area contributed by atoms with Crippen molar-refractivity contribution in [3.8, 4) is 0 Å². The van der Waals surface area contributed by atoms with Crippen LogP contribution in [0.3, 0.4) is 0 Å². The monoisotopic (exact) mass is 392 g/mol. The van der Waals surface area contributed by atoms with Crippen LogP contribution in [0.25, 0.3) is 0 Å². The number of para-hydroxylation sites is 1. The van der Waals surface area contributed by atoms with Crippen molar-refractivity contribution in [3.63, 3.8) is 0 Å². The minimum Gasteiger partial charge on any atom is -0.353 e. The van der Waals surface area contributed by atoms with Crippen molar-refractivity contribution in [2.45, 2.75) is 30.2 Å². The molecule has 0 saturated carbocycles. The standard InChI is InChI=1S/C14H20N4O5S.ClH/c19-14(11-5-3-4-8-15-11)16-9-10-17-24(22,23)13-7-2-1-6-12(13)18(20)21;/h1-2,6-7,11,15,17H,3-5,8-10H2,(H,16,19);1H. The first-order valence-corrected chi connectivity index (χ1v) is 9.14. The number of piperidine rings is 1. The van der Waals surface area contributed by atoms with E-state index in [0.29, 0.717) is 0 Å². The topological polar surface area (TPSA) is 130 Å². The predicted octanol–water partition coefficient (Wildman–Crippen LogP) is 0.553. The van der Waals surface area contributed by atoms with Gasteiger partial charge in [-0.15, -0.1) is 12.4 Å². The largest absolute Gasteiger partial charge is 0.353 e. The Balaban J connectivity index is 0.00000312. The zero-order chi connectivity index (χ0) is 17.6. The summed E-state index contributed by atoms with van der Waals surface area (Å²) < 4.78 is 26.6. The van der Waals surface area contributed by atoms with Gasteiger partial charge in [-0.1, -0.05) is 18.6 Å². The molecule has 9 nitrogen and oxygen atoms in total. The molecule has 3 N–H and O–H groups in total. The minimum absolute atomic E-state index is 0. The zero-order valence-corrected chi connectivity index (χ0v) is 15.1. The molecule has 1 aromatic rings. The van der Waals surface area contributed by atoms with Crippen molar-refractivity contribution in [2.24, 2.45) is 0 Å². The number of halogens is 1. The smallest absolute Gasteiger partial charge is 0.289 e. The van der Waals surface area contributed by atoms with Gasteiger partial charge in [-0.3, -0.25) is 14.9 Å². The Labute approximate surface area is 152 Å². The second-order valence-electron chi connectivity index (χ2n) is 5.42. The molecule has 0 radical (unpaired) electrons. The number of carbonyl (C=O) groups excluding carboxylic acids is 1. The van der Waals surface area contributed by atoms with Gasteiger partial charge in [0.15, 0.2) is 4.90 Å². The lowest BCUT2D eigenvalue weighted by Gasteiger charge is -2.22. The first-order chi connectivity index (χ1) is 11.4. The normalized spacial score (nSPS) is 17.4. The third kappa shape index (κ3) is 5.92. The maximum atomic E-state index is 12.2. The number of rotatable bonds is 7. The van der Waals surface area contributed by atoms with Crippen molar-refractivity contribution in [3.05, 3.63) is 34.4 Å². The maximum absolute atomic E-state index is 12.2. The quantitative estimate of drug-likeness (QED) is 0.353. The van der Waals surface area contributed by atoms with E-state index in [-0.39, 0.29) is 37.4 Å². The van der Waals surface area contributed by atoms with Crippen LogP contribution in [0.5, 0.6) is 0 Å². The minimum atomic E-state index is -4.02. The summed E-state index contributed by atoms with van der Waals surface area (Å²) in [5.74, 6) is -0.167. The average Bonchev–Trinajstić information content (AvgIpc) is 2.59. The van der Waals surface area contributed by atoms with Crippen molar-refractivity contribution in [1.82, 2.24) is 15.4 Å². The van der Waals surface area contributed by atoms with Crippen molar-refractivity contribution < 1.29 is 18.1 Å². The van der Waals surface area contributed by atoms with E-state index in [1.807, 2.05) is 0 Å². The molecule has 0 bridgehead atoms. The molecule has 0 spiro atoms. The second-order valence-corrected chi connectivity index (χ2v) is 7.15. The summed E-state index contributed by atoms with van der Waals surface area (Å²) in [4.78, 5) is 21.7. The van der Waals surface area contributed by atoms with Crippen LogP contribution in [0.1, 0.15) is 19.3 Å². The lowest BCUT2D eigenvalue weighted by molar-refractivity contribution is -0.387. The third-order valence-electron chi connectivity index (χ3n) is 3.69. The summed E-state index contributed by atoms with van der Waals surface area (Å²) in [6.07, 6.45) is 2.78. The van der Waals surface area contributed by atoms with E-state index in [9.17, 15) is 23.3 Å². The van der Waals surface area contributed by atoms with E-state index in [2.05, 4.69) is 15.4 Å². The molecule has 1 atom stereocenters. The van der Waals surface area contributed by atoms with Gasteiger partial charge in [0.1, 0.15) is 0 Å². The number of nitrogens with zero attached hydrogens (tertiary/aromatic N) is 1. The lowest BCUT2D eigenvalue weighted by atomic mass is 10.0. The highest BCUT2D eigenvalue weighted by atomic mass is 35.5. The van der Waals surface area contributed by atoms with E-state index in [1.165, 1.54) is 18.2 Å². The fourth-order valence-corrected chi connectivity index (χ4v) is 3.68. The molecule has 0 aliphatic carbocycles. The van der Waals surface area contributed by atoms with Gasteiger partial charge in [0.05, 0.1) is 11.0 Å². The van der Waals surface area contributed by atoms with Crippen LogP contribution < -0.4 is 15.4 Å². The molecule has 1 unspecified atom stereocenters. The molecule has 1 heterocycles. The lowest BCUT2D eigenvalue weighted by Crippen LogP contribution is -2.48. The number of amides is 1. The zero-order valence-electron chi connectivity index (χ0n) is 13.4. The molecular formula is C14H21ClN4O5S. The number of hydrogen-bond acceptors (Lipinski definition) is 6. The Morgan fingerprint density at radius 1 is 1.28 bits per heavy atom. The van der Waals surface area contributed by atoms with Crippen molar-refractivity contribution in [1.29, 1.82) is 0 Å². The molecule has 140 valence electrons. The van der Waals surface area contributed by atoms with Gasteiger partial charge in [-0.2, -0.15) is 0 Å². The fraction of sp³-hybridized carbons (Fsp3) is 0.500. The molecule has 1 fully saturated rings. The van der Waals surface area contributed by atoms with Gasteiger partial charge in [0, 0.05) is 19.2 Å². The van der Waals surface area contributed by atoms with Gasteiger partial charge in [0.2, 0.25) is 15.9 Å². The van der Waals surface area contributed by atoms with Gasteiger partial charge < -0.3 is 10.6 Å². The molecule has 1 aliphatic heterocycles. The maximum Gasteiger partial charge on any atom is 0.289 e. The van der Waals surface area contributed by atoms with Crippen LogP contribution in [0.2, 0.25) is 0 Å². The predicted molar refractivity (Wildman–Crippen MR) is 94.2 cm³/mol. The van der Waals surface area contributed by atoms with E-state index in [0.717, 1.165) is 31.9 Å². The number of nitrogens with one attached hydrogen (secondary N) is 3. The fourth-order valence-electron chi connectivity index (χ4n) is 2.48. The average molecular weight is 393 g/mol. The SMILES string of the molecule is Cl.O=C(NCCNS(=O)(=O)c1ccccc1[N+](=O)[O-])C1CCCCN1. The summed E-state index contributed by atoms with van der Waals surface area (Å²) in [5, 5.41) is 16.7. The summed E-state index contributed by atoms with van der Waals surface area (Å²) >= 11 is 0. The van der Waals surface area contributed by atoms with Gasteiger partial charge in [-0.05, 0) is 25.5 Å². The highest BCUT2D eigenvalue weighted by molar-refractivity contribution is 7.89. The number of hydrogen-bond donors (Lipinski definition) is 3. The van der Waals surface area contributed by atoms with Crippen LogP contribution in [0.4, 0.5) is 5.69 Å². The first-order valence-electron chi connectivity index (χ1n) is 7.66. The third-order valence-corrected chi connectivity index (χ3v) is 5.20. The molecule has 1 saturated heterocycles. The van der Waals surface area contributed by atoms with Crippen LogP contribution in [-0.2, 0) is 14.8 Å². The number of carbonyl (C=O) groups is 1. The first kappa shape index (κ1) is 21.3. The Kier molecular flexibility index (Phi) is 8.23. The Bertz CT molecular complexity index is 707. The molecule has 0 aromatic heterocycles. The number of benzene rings is 1. The number of sulfonamides is 1. The van der Waals surface area contributed by atoms with Crippen LogP contribution in [0.15, 0.2) is 29.2 Å². The summed E-state index contributed by atoms with van der Waals surface area (Å²) in [6, 6.07) is 4.87. The van der Waals surface area contributed by atoms with E-state index >= 15 is 0 Å². The second kappa shape index (κ2) is 9.66. The van der Waals surface area contributed by atoms with E-state index in [4.69, 9.17) is 0 Å². The Morgan fingerprint density at radius 2 is 2.00 bits per heavy atom. The van der Waals surface area contributed by atoms with Crippen LogP contribution >= 0.6 is 12.4 Å². The number of nitro benzene ring substituents is 1. The van der Waals surface area contributed by atoms with Crippen LogP contribution in [0, 0.1) is 10.1 Å². The van der Waals surface area contributed by atoms with Crippen molar-refractivity contribution in [2.75, 3.05) is 19.6 Å². The Hall–Kier alpha value is -1.75. The molecular weight excluding hydrogens is 372 g/mol. The van der Waals surface area contributed by atoms with Crippen molar-refractivity contribution >= 4 is 34.0 Å². The molecule has 2 rings (SSSR count).